The molecule has 434 valence electrons. The topological polar surface area (TPSA) is 22.9 Å². The van der Waals surface area contributed by atoms with Gasteiger partial charge in [-0.15, -0.1) is 0 Å². The number of furan rings is 1. The summed E-state index contributed by atoms with van der Waals surface area (Å²) in [5, 5.41) is 1.17. The summed E-state index contributed by atoms with van der Waals surface area (Å²) in [6.45, 7) is 36.0. The van der Waals surface area contributed by atoms with E-state index in [2.05, 4.69) is 294 Å². The molecule has 1 unspecified atom stereocenters. The molecule has 10 aromatic rings. The fourth-order valence-corrected chi connectivity index (χ4v) is 17.9. The predicted molar refractivity (Wildman–Crippen MR) is 369 cm³/mol. The van der Waals surface area contributed by atoms with Crippen molar-refractivity contribution in [1.29, 1.82) is 0 Å². The van der Waals surface area contributed by atoms with E-state index in [4.69, 9.17) is 4.42 Å². The van der Waals surface area contributed by atoms with Crippen LogP contribution in [0.25, 0.3) is 33.2 Å². The maximum Gasteiger partial charge on any atom is 0.297 e. The highest BCUT2D eigenvalue weighted by atomic mass is 16.3. The summed E-state index contributed by atoms with van der Waals surface area (Å²) >= 11 is 0. The molecule has 1 atom stereocenters. The van der Waals surface area contributed by atoms with Crippen LogP contribution < -0.4 is 31.3 Å². The largest absolute Gasteiger partial charge is 0.468 e. The standard InChI is InChI=1S/C82H82BN3O/c1-48(2)55-37-38-78(6,7)64-45-69-70(44-60(55)64)85(51-31-29-49(30-32-51)77(3,4)5)71-41-54(42-72-74(71)83(69)76-75(86(72)50-23-17-16-18-24-50)61-43-67-68(46-73(61)87-76)80(10,11)47-79(67,8)9)84(52-33-35-58-56-25-19-21-27-62(56)81(12,13)65(58)39-52)53-34-36-59-57-26-20-22-28-63(57)82(14,15)66(59)40-53/h16-36,39-46,48,55H,37-38,47H2,1-15H3. The van der Waals surface area contributed by atoms with E-state index in [9.17, 15) is 0 Å². The van der Waals surface area contributed by atoms with Gasteiger partial charge < -0.3 is 19.1 Å². The van der Waals surface area contributed by atoms with Crippen molar-refractivity contribution in [3.8, 4) is 22.3 Å². The minimum atomic E-state index is -0.213. The van der Waals surface area contributed by atoms with Gasteiger partial charge >= 0.3 is 0 Å². The highest BCUT2D eigenvalue weighted by Crippen LogP contribution is 2.58. The van der Waals surface area contributed by atoms with Gasteiger partial charge in [0.1, 0.15) is 5.58 Å². The van der Waals surface area contributed by atoms with E-state index in [-0.39, 0.29) is 39.2 Å². The lowest BCUT2D eigenvalue weighted by atomic mass is 9.35. The average molecular weight is 1140 g/mol. The molecular formula is C82H82BN3O. The van der Waals surface area contributed by atoms with Gasteiger partial charge in [0.2, 0.25) is 0 Å². The zero-order valence-corrected chi connectivity index (χ0v) is 53.8. The van der Waals surface area contributed by atoms with Crippen LogP contribution in [0.5, 0.6) is 0 Å². The molecule has 0 spiro atoms. The number of benzene rings is 9. The number of para-hydroxylation sites is 1. The molecular weight excluding hydrogens is 1050 g/mol. The van der Waals surface area contributed by atoms with Crippen LogP contribution in [0, 0.1) is 5.92 Å². The fourth-order valence-electron chi connectivity index (χ4n) is 17.9. The molecule has 16 rings (SSSR count). The van der Waals surface area contributed by atoms with Crippen molar-refractivity contribution in [2.45, 2.75) is 162 Å². The molecule has 0 bridgehead atoms. The lowest BCUT2D eigenvalue weighted by Gasteiger charge is -2.46. The lowest BCUT2D eigenvalue weighted by Crippen LogP contribution is -2.61. The monoisotopic (exact) mass is 1140 g/mol. The summed E-state index contributed by atoms with van der Waals surface area (Å²) in [6.07, 6.45) is 3.40. The van der Waals surface area contributed by atoms with Gasteiger partial charge in [-0.05, 0) is 215 Å². The molecule has 87 heavy (non-hydrogen) atoms. The zero-order valence-electron chi connectivity index (χ0n) is 53.8. The van der Waals surface area contributed by atoms with Gasteiger partial charge in [-0.3, -0.25) is 0 Å². The van der Waals surface area contributed by atoms with Gasteiger partial charge in [-0.25, -0.2) is 0 Å². The maximum absolute atomic E-state index is 7.81. The fraction of sp³-hybridized carbons (Fsp3) is 0.317. The second kappa shape index (κ2) is 18.1. The van der Waals surface area contributed by atoms with Crippen molar-refractivity contribution in [3.05, 3.63) is 226 Å². The Morgan fingerprint density at radius 2 is 1.03 bits per heavy atom. The number of nitrogens with zero attached hydrogens (tertiary/aromatic N) is 3. The third kappa shape index (κ3) is 7.69. The first-order chi connectivity index (χ1) is 41.3. The van der Waals surface area contributed by atoms with Crippen LogP contribution in [0.15, 0.2) is 180 Å². The van der Waals surface area contributed by atoms with Gasteiger partial charge in [0.25, 0.3) is 6.71 Å². The quantitative estimate of drug-likeness (QED) is 0.155. The molecule has 3 heterocycles. The van der Waals surface area contributed by atoms with Crippen LogP contribution in [0.2, 0.25) is 0 Å². The third-order valence-electron chi connectivity index (χ3n) is 22.2. The Morgan fingerprint density at radius 1 is 0.494 bits per heavy atom. The minimum absolute atomic E-state index is 0.00285. The minimum Gasteiger partial charge on any atom is -0.468 e. The van der Waals surface area contributed by atoms with Crippen LogP contribution in [0.4, 0.5) is 51.2 Å². The van der Waals surface area contributed by atoms with Crippen LogP contribution in [0.1, 0.15) is 179 Å². The highest BCUT2D eigenvalue weighted by Gasteiger charge is 2.51. The zero-order chi connectivity index (χ0) is 60.4. The van der Waals surface area contributed by atoms with E-state index in [0.717, 1.165) is 58.2 Å². The van der Waals surface area contributed by atoms with E-state index in [0.29, 0.717) is 11.8 Å². The Kier molecular flexibility index (Phi) is 11.3. The Bertz CT molecular complexity index is 4450. The van der Waals surface area contributed by atoms with Crippen LogP contribution in [-0.4, -0.2) is 6.71 Å². The van der Waals surface area contributed by atoms with E-state index < -0.39 is 0 Å². The molecule has 4 aliphatic carbocycles. The van der Waals surface area contributed by atoms with Gasteiger partial charge in [0.05, 0.1) is 17.0 Å². The first kappa shape index (κ1) is 54.4. The van der Waals surface area contributed by atoms with Gasteiger partial charge in [-0.1, -0.05) is 201 Å². The number of hydrogen-bond donors (Lipinski definition) is 0. The van der Waals surface area contributed by atoms with Crippen molar-refractivity contribution in [3.63, 3.8) is 0 Å². The normalized spacial score (nSPS) is 18.8. The second-order valence-corrected chi connectivity index (χ2v) is 31.2. The van der Waals surface area contributed by atoms with Crippen molar-refractivity contribution in [2.24, 2.45) is 5.92 Å². The van der Waals surface area contributed by atoms with Gasteiger partial charge in [-0.2, -0.15) is 0 Å². The van der Waals surface area contributed by atoms with Gasteiger partial charge in [0, 0.05) is 56.0 Å². The first-order valence-corrected chi connectivity index (χ1v) is 32.4. The average Bonchev–Trinajstić information content (AvgIpc) is 1.67. The van der Waals surface area contributed by atoms with E-state index >= 15 is 0 Å². The maximum atomic E-state index is 7.81. The van der Waals surface area contributed by atoms with E-state index in [1.165, 1.54) is 112 Å². The molecule has 0 N–H and O–H groups in total. The summed E-state index contributed by atoms with van der Waals surface area (Å²) in [4.78, 5) is 7.87. The molecule has 4 nitrogen and oxygen atoms in total. The van der Waals surface area contributed by atoms with Gasteiger partial charge in [0.15, 0.2) is 0 Å². The molecule has 1 aromatic heterocycles. The molecule has 9 aromatic carbocycles. The number of hydrogen-bond acceptors (Lipinski definition) is 4. The van der Waals surface area contributed by atoms with Crippen molar-refractivity contribution < 1.29 is 4.42 Å². The summed E-state index contributed by atoms with van der Waals surface area (Å²) < 4.78 is 7.81. The molecule has 0 saturated heterocycles. The van der Waals surface area contributed by atoms with Crippen LogP contribution in [0.3, 0.4) is 0 Å². The molecule has 0 fully saturated rings. The van der Waals surface area contributed by atoms with E-state index in [1.807, 2.05) is 0 Å². The molecule has 0 amide bonds. The highest BCUT2D eigenvalue weighted by molar-refractivity contribution is 7.00. The molecule has 5 heteroatoms. The Balaban J connectivity index is 1.05. The number of fused-ring (bicyclic) bond motifs is 14. The van der Waals surface area contributed by atoms with Crippen LogP contribution >= 0.6 is 0 Å². The third-order valence-corrected chi connectivity index (χ3v) is 22.2. The number of rotatable bonds is 6. The molecule has 0 radical (unpaired) electrons. The first-order valence-electron chi connectivity index (χ1n) is 32.4. The van der Waals surface area contributed by atoms with Crippen molar-refractivity contribution in [2.75, 3.05) is 14.7 Å². The summed E-state index contributed by atoms with van der Waals surface area (Å²) in [5.41, 5.74) is 32.3. The predicted octanol–water partition coefficient (Wildman–Crippen LogP) is 20.7. The van der Waals surface area contributed by atoms with Crippen molar-refractivity contribution in [1.82, 2.24) is 0 Å². The second-order valence-electron chi connectivity index (χ2n) is 31.2. The summed E-state index contributed by atoms with van der Waals surface area (Å²) in [6, 6.07) is 69.0. The smallest absolute Gasteiger partial charge is 0.297 e. The lowest BCUT2D eigenvalue weighted by molar-refractivity contribution is 0.346. The molecule has 2 aliphatic heterocycles. The van der Waals surface area contributed by atoms with Crippen molar-refractivity contribution >= 4 is 85.5 Å². The summed E-state index contributed by atoms with van der Waals surface area (Å²) in [7, 11) is 0. The molecule has 0 saturated carbocycles. The summed E-state index contributed by atoms with van der Waals surface area (Å²) in [5.74, 6) is 0.921. The van der Waals surface area contributed by atoms with E-state index in [1.54, 1.807) is 0 Å². The van der Waals surface area contributed by atoms with Crippen LogP contribution in [-0.2, 0) is 32.5 Å². The Labute approximate surface area is 517 Å². The number of anilines is 9. The molecule has 6 aliphatic rings. The Hall–Kier alpha value is -8.02. The SMILES string of the molecule is CC(C)C1CCC(C)(C)c2cc3c(cc21)N(c1ccc(C(C)(C)C)cc1)c1cc(N(c2ccc4c(c2)C(C)(C)c2ccccc2-4)c2ccc4c(c2)C(C)(C)c2ccccc2-4)cc2c1B3c1oc3cc4c(cc3c1N2c1ccccc1)C(C)(C)CC4(C)C. The Morgan fingerprint density at radius 3 is 1.62 bits per heavy atom.